The molecule has 0 atom stereocenters. The van der Waals surface area contributed by atoms with Gasteiger partial charge in [0.1, 0.15) is 24.5 Å². The molecular formula is C11H19N5O8P2. The average Bonchev–Trinajstić information content (AvgIpc) is 2.89. The minimum Gasteiger partial charge on any atom is -0.382 e. The van der Waals surface area contributed by atoms with E-state index in [4.69, 9.17) is 34.8 Å². The maximum Gasteiger partial charge on any atom is 0.350 e. The zero-order chi connectivity index (χ0) is 19.4. The molecule has 0 unspecified atom stereocenters. The van der Waals surface area contributed by atoms with Crippen LogP contribution in [0.1, 0.15) is 0 Å². The van der Waals surface area contributed by atoms with E-state index in [1.54, 1.807) is 4.57 Å². The van der Waals surface area contributed by atoms with Crippen molar-refractivity contribution in [3.05, 3.63) is 12.7 Å². The lowest BCUT2D eigenvalue weighted by Gasteiger charge is -2.18. The number of hydrogen-bond donors (Lipinski definition) is 5. The Kier molecular flexibility index (Phi) is 6.83. The third-order valence-electron chi connectivity index (χ3n) is 3.11. The first kappa shape index (κ1) is 20.9. The van der Waals surface area contributed by atoms with Crippen molar-refractivity contribution in [2.45, 2.75) is 6.54 Å². The van der Waals surface area contributed by atoms with E-state index in [2.05, 4.69) is 15.0 Å². The molecule has 15 heteroatoms. The summed E-state index contributed by atoms with van der Waals surface area (Å²) < 4.78 is 33.4. The van der Waals surface area contributed by atoms with Crippen LogP contribution >= 0.6 is 15.2 Å². The van der Waals surface area contributed by atoms with Crippen LogP contribution in [0.25, 0.3) is 11.2 Å². The molecule has 0 saturated heterocycles. The Morgan fingerprint density at radius 1 is 1.04 bits per heavy atom. The number of nitrogens with two attached hydrogens (primary N) is 1. The molecule has 2 heterocycles. The molecule has 26 heavy (non-hydrogen) atoms. The van der Waals surface area contributed by atoms with Crippen LogP contribution in [0.5, 0.6) is 0 Å². The number of anilines is 1. The summed E-state index contributed by atoms with van der Waals surface area (Å²) in [5.74, 6) is -0.289. The van der Waals surface area contributed by atoms with Gasteiger partial charge in [-0.15, -0.1) is 0 Å². The van der Waals surface area contributed by atoms with Crippen LogP contribution in [0.4, 0.5) is 5.82 Å². The van der Waals surface area contributed by atoms with Crippen LogP contribution < -0.4 is 5.73 Å². The van der Waals surface area contributed by atoms with Gasteiger partial charge in [0.25, 0.3) is 0 Å². The van der Waals surface area contributed by atoms with Crippen LogP contribution in [-0.4, -0.2) is 65.0 Å². The molecule has 0 spiro atoms. The minimum absolute atomic E-state index is 0.119. The van der Waals surface area contributed by atoms with Crippen LogP contribution in [-0.2, 0) is 25.1 Å². The van der Waals surface area contributed by atoms with Gasteiger partial charge in [0.2, 0.25) is 0 Å². The zero-order valence-electron chi connectivity index (χ0n) is 13.5. The van der Waals surface area contributed by atoms with Gasteiger partial charge < -0.3 is 39.3 Å². The second-order valence-electron chi connectivity index (χ2n) is 5.52. The topological polar surface area (TPSA) is 203 Å². The molecule has 146 valence electrons. The fourth-order valence-corrected chi connectivity index (χ4v) is 2.83. The predicted octanol–water partition coefficient (Wildman–Crippen LogP) is -0.672. The van der Waals surface area contributed by atoms with Crippen LogP contribution in [0.15, 0.2) is 12.7 Å². The molecule has 0 bridgehead atoms. The van der Waals surface area contributed by atoms with Gasteiger partial charge in [-0.2, -0.15) is 0 Å². The number of hydrogen-bond acceptors (Lipinski definition) is 8. The predicted molar refractivity (Wildman–Crippen MR) is 89.0 cm³/mol. The summed E-state index contributed by atoms with van der Waals surface area (Å²) in [6.07, 6.45) is 1.16. The van der Waals surface area contributed by atoms with Crippen molar-refractivity contribution in [2.24, 2.45) is 5.92 Å². The molecule has 0 aliphatic carbocycles. The molecule has 0 aliphatic rings. The smallest absolute Gasteiger partial charge is 0.350 e. The van der Waals surface area contributed by atoms with Crippen molar-refractivity contribution >= 4 is 32.2 Å². The van der Waals surface area contributed by atoms with Gasteiger partial charge in [0, 0.05) is 12.5 Å². The number of imidazole rings is 1. The van der Waals surface area contributed by atoms with E-state index < -0.39 is 33.8 Å². The number of ether oxygens (including phenoxy) is 2. The van der Waals surface area contributed by atoms with E-state index in [1.807, 2.05) is 0 Å². The first-order valence-corrected chi connectivity index (χ1v) is 10.8. The fraction of sp³-hybridized carbons (Fsp3) is 0.545. The van der Waals surface area contributed by atoms with Gasteiger partial charge in [-0.3, -0.25) is 9.13 Å². The lowest BCUT2D eigenvalue weighted by Crippen LogP contribution is -2.22. The highest BCUT2D eigenvalue weighted by Gasteiger charge is 2.20. The van der Waals surface area contributed by atoms with E-state index in [0.717, 1.165) is 0 Å². The molecule has 6 N–H and O–H groups in total. The first-order valence-electron chi connectivity index (χ1n) is 7.21. The molecule has 2 rings (SSSR count). The van der Waals surface area contributed by atoms with E-state index >= 15 is 0 Å². The molecule has 0 saturated carbocycles. The Labute approximate surface area is 147 Å². The maximum atomic E-state index is 10.9. The highest BCUT2D eigenvalue weighted by molar-refractivity contribution is 7.51. The third-order valence-corrected chi connectivity index (χ3v) is 4.15. The highest BCUT2D eigenvalue weighted by Crippen LogP contribution is 2.35. The molecule has 0 aromatic carbocycles. The number of nitrogen functional groups attached to an aromatic ring is 1. The number of fused-ring (bicyclic) bond motifs is 1. The quantitative estimate of drug-likeness (QED) is 0.309. The Balaban J connectivity index is 2.07. The average molecular weight is 411 g/mol. The number of rotatable bonds is 10. The Morgan fingerprint density at radius 2 is 1.62 bits per heavy atom. The summed E-state index contributed by atoms with van der Waals surface area (Å²) >= 11 is 0. The molecule has 13 nitrogen and oxygen atoms in total. The van der Waals surface area contributed by atoms with Crippen LogP contribution in [0, 0.1) is 5.92 Å². The van der Waals surface area contributed by atoms with Gasteiger partial charge >= 0.3 is 15.2 Å². The molecule has 0 amide bonds. The van der Waals surface area contributed by atoms with Gasteiger partial charge in [-0.05, 0) is 0 Å². The summed E-state index contributed by atoms with van der Waals surface area (Å²) in [6, 6.07) is 0. The Morgan fingerprint density at radius 3 is 2.15 bits per heavy atom. The fourth-order valence-electron chi connectivity index (χ4n) is 2.14. The monoisotopic (exact) mass is 411 g/mol. The van der Waals surface area contributed by atoms with E-state index in [0.29, 0.717) is 11.2 Å². The number of nitrogens with zero attached hydrogens (tertiary/aromatic N) is 4. The van der Waals surface area contributed by atoms with Gasteiger partial charge in [-0.1, -0.05) is 0 Å². The van der Waals surface area contributed by atoms with Crippen molar-refractivity contribution in [1.29, 1.82) is 0 Å². The number of aromatic nitrogens is 4. The Hall–Kier alpha value is -1.43. The normalized spacial score (nSPS) is 13.0. The third kappa shape index (κ3) is 6.71. The van der Waals surface area contributed by atoms with Crippen molar-refractivity contribution in [1.82, 2.24) is 19.5 Å². The molecule has 2 aromatic heterocycles. The summed E-state index contributed by atoms with van der Waals surface area (Å²) in [7, 11) is -8.67. The molecule has 0 radical (unpaired) electrons. The largest absolute Gasteiger partial charge is 0.382 e. The van der Waals surface area contributed by atoms with Gasteiger partial charge in [0.15, 0.2) is 11.5 Å². The van der Waals surface area contributed by atoms with E-state index in [1.165, 1.54) is 12.7 Å². The maximum absolute atomic E-state index is 10.9. The zero-order valence-corrected chi connectivity index (χ0v) is 15.2. The van der Waals surface area contributed by atoms with E-state index in [-0.39, 0.29) is 25.6 Å². The Bertz CT molecular complexity index is 805. The lowest BCUT2D eigenvalue weighted by molar-refractivity contribution is 0.0530. The van der Waals surface area contributed by atoms with Crippen molar-refractivity contribution in [2.75, 3.05) is 31.6 Å². The standard InChI is InChI=1S/C11H19N5O8P2/c12-10-9-11(14-4-13-10)16(5-15-9)1-8(2-23-6-25(17,18)19)3-24-7-26(20,21)22/h4-5,8H,1-3,6-7H2,(H2,12,13,14)(H2,17,18,19)(H2,20,21,22). The minimum atomic E-state index is -4.33. The van der Waals surface area contributed by atoms with Gasteiger partial charge in [0.05, 0.1) is 19.5 Å². The molecule has 0 aliphatic heterocycles. The second-order valence-corrected chi connectivity index (χ2v) is 8.70. The molecular weight excluding hydrogens is 392 g/mol. The van der Waals surface area contributed by atoms with Crippen molar-refractivity contribution < 1.29 is 38.2 Å². The van der Waals surface area contributed by atoms with E-state index in [9.17, 15) is 9.13 Å². The molecule has 2 aromatic rings. The summed E-state index contributed by atoms with van der Waals surface area (Å²) in [5, 5.41) is 0. The summed E-state index contributed by atoms with van der Waals surface area (Å²) in [5.41, 5.74) is 6.53. The van der Waals surface area contributed by atoms with Crippen LogP contribution in [0.2, 0.25) is 0 Å². The first-order chi connectivity index (χ1) is 12.1. The van der Waals surface area contributed by atoms with Crippen molar-refractivity contribution in [3.63, 3.8) is 0 Å². The lowest BCUT2D eigenvalue weighted by atomic mass is 10.2. The van der Waals surface area contributed by atoms with Crippen LogP contribution in [0.3, 0.4) is 0 Å². The summed E-state index contributed by atoms with van der Waals surface area (Å²) in [4.78, 5) is 47.4. The van der Waals surface area contributed by atoms with Gasteiger partial charge in [-0.25, -0.2) is 15.0 Å². The second kappa shape index (κ2) is 8.51. The highest BCUT2D eigenvalue weighted by atomic mass is 31.2. The molecule has 0 fully saturated rings. The summed E-state index contributed by atoms with van der Waals surface area (Å²) in [6.45, 7) is -0.0334. The SMILES string of the molecule is Nc1ncnc2c1ncn2CC(COCP(=O)(O)O)COCP(=O)(O)O. The van der Waals surface area contributed by atoms with Crippen molar-refractivity contribution in [3.8, 4) is 0 Å².